The van der Waals surface area contributed by atoms with Crippen LogP contribution >= 0.6 is 0 Å². The third kappa shape index (κ3) is 3.26. The number of nitrogens with one attached hydrogen (secondary N) is 1. The number of esters is 1. The van der Waals surface area contributed by atoms with Gasteiger partial charge in [-0.3, -0.25) is 0 Å². The van der Waals surface area contributed by atoms with Crippen molar-refractivity contribution in [3.8, 4) is 0 Å². The molecule has 2 heterocycles. The Morgan fingerprint density at radius 1 is 1.19 bits per heavy atom. The van der Waals surface area contributed by atoms with Crippen LogP contribution in [0.25, 0.3) is 0 Å². The van der Waals surface area contributed by atoms with Crippen LogP contribution in [-0.4, -0.2) is 31.7 Å². The number of hydrogen-bond donors (Lipinski definition) is 1. The van der Waals surface area contributed by atoms with E-state index in [9.17, 15) is 9.18 Å². The fraction of sp³-hybridized carbons (Fsp3) is 0.588. The van der Waals surface area contributed by atoms with E-state index in [4.69, 9.17) is 4.74 Å². The maximum absolute atomic E-state index is 13.6. The topological polar surface area (TPSA) is 30.7 Å². The molecule has 0 spiro atoms. The van der Waals surface area contributed by atoms with Crippen LogP contribution in [-0.2, 0) is 4.74 Å². The summed E-state index contributed by atoms with van der Waals surface area (Å²) < 4.78 is 19.0. The summed E-state index contributed by atoms with van der Waals surface area (Å²) >= 11 is 0. The molecule has 2 aliphatic heterocycles. The van der Waals surface area contributed by atoms with Crippen LogP contribution in [0.15, 0.2) is 24.3 Å². The number of halogens is 1. The van der Waals surface area contributed by atoms with Gasteiger partial charge in [0.1, 0.15) is 12.4 Å². The number of hydrogen-bond acceptors (Lipinski definition) is 2. The van der Waals surface area contributed by atoms with Gasteiger partial charge in [0.2, 0.25) is 0 Å². The number of rotatable bonds is 3. The molecule has 0 bridgehead atoms. The SMILES string of the molecule is O=C(OCC1CCC[NH+]2CCCCC12)c1ccccc1F. The highest BCUT2D eigenvalue weighted by molar-refractivity contribution is 5.89. The van der Waals surface area contributed by atoms with Crippen LogP contribution in [0.2, 0.25) is 0 Å². The van der Waals surface area contributed by atoms with Crippen molar-refractivity contribution in [1.82, 2.24) is 0 Å². The zero-order chi connectivity index (χ0) is 14.7. The zero-order valence-electron chi connectivity index (χ0n) is 12.3. The fourth-order valence-corrected chi connectivity index (χ4v) is 3.86. The van der Waals surface area contributed by atoms with Crippen molar-refractivity contribution >= 4 is 5.97 Å². The van der Waals surface area contributed by atoms with Gasteiger partial charge in [0, 0.05) is 5.92 Å². The maximum Gasteiger partial charge on any atom is 0.341 e. The van der Waals surface area contributed by atoms with E-state index in [0.717, 1.165) is 6.42 Å². The molecule has 3 nitrogen and oxygen atoms in total. The monoisotopic (exact) mass is 292 g/mol. The van der Waals surface area contributed by atoms with Gasteiger partial charge >= 0.3 is 5.97 Å². The minimum absolute atomic E-state index is 0.0427. The molecule has 0 saturated carbocycles. The molecular formula is C17H23FNO2+. The molecule has 4 heteroatoms. The van der Waals surface area contributed by atoms with E-state index in [1.165, 1.54) is 50.9 Å². The lowest BCUT2D eigenvalue weighted by Crippen LogP contribution is -3.18. The highest BCUT2D eigenvalue weighted by atomic mass is 19.1. The Kier molecular flexibility index (Phi) is 4.54. The molecule has 1 aromatic carbocycles. The molecule has 1 N–H and O–H groups in total. The average Bonchev–Trinajstić information content (AvgIpc) is 2.53. The summed E-state index contributed by atoms with van der Waals surface area (Å²) in [5, 5.41) is 0. The van der Waals surface area contributed by atoms with Crippen molar-refractivity contribution in [3.63, 3.8) is 0 Å². The standard InChI is InChI=1S/C17H22FNO2/c18-15-8-2-1-7-14(15)17(20)21-12-13-6-5-11-19-10-4-3-9-16(13)19/h1-2,7-8,13,16H,3-6,9-12H2/p+1. The van der Waals surface area contributed by atoms with Gasteiger partial charge in [-0.1, -0.05) is 12.1 Å². The van der Waals surface area contributed by atoms with E-state index in [1.54, 1.807) is 17.0 Å². The molecule has 0 radical (unpaired) electrons. The number of fused-ring (bicyclic) bond motifs is 1. The Hall–Kier alpha value is -1.42. The Labute approximate surface area is 125 Å². The number of piperidine rings is 2. The maximum atomic E-state index is 13.6. The highest BCUT2D eigenvalue weighted by Gasteiger charge is 2.37. The summed E-state index contributed by atoms with van der Waals surface area (Å²) in [4.78, 5) is 13.7. The van der Waals surface area contributed by atoms with Crippen LogP contribution < -0.4 is 4.90 Å². The van der Waals surface area contributed by atoms with Crippen LogP contribution in [0, 0.1) is 11.7 Å². The lowest BCUT2D eigenvalue weighted by atomic mass is 9.84. The molecule has 1 aromatic rings. The molecule has 0 aromatic heterocycles. The molecule has 0 amide bonds. The first-order chi connectivity index (χ1) is 10.3. The Morgan fingerprint density at radius 3 is 2.86 bits per heavy atom. The van der Waals surface area contributed by atoms with Crippen molar-refractivity contribution in [2.75, 3.05) is 19.7 Å². The molecule has 2 fully saturated rings. The number of carbonyl (C=O) groups is 1. The molecule has 21 heavy (non-hydrogen) atoms. The van der Waals surface area contributed by atoms with Crippen molar-refractivity contribution in [3.05, 3.63) is 35.6 Å². The van der Waals surface area contributed by atoms with Crippen LogP contribution in [0.1, 0.15) is 42.5 Å². The van der Waals surface area contributed by atoms with E-state index in [-0.39, 0.29) is 5.56 Å². The minimum Gasteiger partial charge on any atom is -0.461 e. The Morgan fingerprint density at radius 2 is 2.00 bits per heavy atom. The van der Waals surface area contributed by atoms with Crippen molar-refractivity contribution in [1.29, 1.82) is 0 Å². The van der Waals surface area contributed by atoms with Crippen molar-refractivity contribution in [2.45, 2.75) is 38.1 Å². The molecule has 114 valence electrons. The second-order valence-corrected chi connectivity index (χ2v) is 6.24. The van der Waals surface area contributed by atoms with Gasteiger partial charge in [0.25, 0.3) is 0 Å². The van der Waals surface area contributed by atoms with Crippen LogP contribution in [0.3, 0.4) is 0 Å². The van der Waals surface area contributed by atoms with Crippen molar-refractivity contribution < 1.29 is 18.8 Å². The third-order valence-corrected chi connectivity index (χ3v) is 4.95. The zero-order valence-corrected chi connectivity index (χ0v) is 12.3. The van der Waals surface area contributed by atoms with Gasteiger partial charge in [-0.15, -0.1) is 0 Å². The van der Waals surface area contributed by atoms with E-state index in [1.807, 2.05) is 0 Å². The molecule has 3 atom stereocenters. The highest BCUT2D eigenvalue weighted by Crippen LogP contribution is 2.21. The number of quaternary nitrogens is 1. The quantitative estimate of drug-likeness (QED) is 0.862. The molecule has 3 rings (SSSR count). The van der Waals surface area contributed by atoms with Gasteiger partial charge in [-0.05, 0) is 44.2 Å². The third-order valence-electron chi connectivity index (χ3n) is 4.95. The Bertz CT molecular complexity index is 503. The van der Waals surface area contributed by atoms with E-state index in [2.05, 4.69) is 0 Å². The minimum atomic E-state index is -0.531. The van der Waals surface area contributed by atoms with Crippen molar-refractivity contribution in [2.24, 2.45) is 5.92 Å². The van der Waals surface area contributed by atoms with Gasteiger partial charge in [0.05, 0.1) is 24.7 Å². The van der Waals surface area contributed by atoms with Gasteiger partial charge < -0.3 is 9.64 Å². The predicted molar refractivity (Wildman–Crippen MR) is 77.7 cm³/mol. The summed E-state index contributed by atoms with van der Waals surface area (Å²) in [6, 6.07) is 6.64. The van der Waals surface area contributed by atoms with E-state index >= 15 is 0 Å². The van der Waals surface area contributed by atoms with Crippen LogP contribution in [0.5, 0.6) is 0 Å². The first-order valence-electron chi connectivity index (χ1n) is 8.02. The van der Waals surface area contributed by atoms with Gasteiger partial charge in [-0.25, -0.2) is 9.18 Å². The fourth-order valence-electron chi connectivity index (χ4n) is 3.86. The van der Waals surface area contributed by atoms with Gasteiger partial charge in [0.15, 0.2) is 0 Å². The summed E-state index contributed by atoms with van der Waals surface area (Å²) in [6.45, 7) is 2.94. The Balaban J connectivity index is 1.59. The second kappa shape index (κ2) is 6.56. The second-order valence-electron chi connectivity index (χ2n) is 6.24. The lowest BCUT2D eigenvalue weighted by molar-refractivity contribution is -0.940. The lowest BCUT2D eigenvalue weighted by Gasteiger charge is -2.40. The normalized spacial score (nSPS) is 28.7. The first kappa shape index (κ1) is 14.5. The average molecular weight is 292 g/mol. The first-order valence-corrected chi connectivity index (χ1v) is 8.02. The molecule has 2 aliphatic rings. The van der Waals surface area contributed by atoms with E-state index in [0.29, 0.717) is 18.6 Å². The molecule has 3 unspecified atom stereocenters. The molecule has 2 saturated heterocycles. The van der Waals surface area contributed by atoms with Crippen LogP contribution in [0.4, 0.5) is 4.39 Å². The van der Waals surface area contributed by atoms with E-state index < -0.39 is 11.8 Å². The number of ether oxygens (including phenoxy) is 1. The predicted octanol–water partition coefficient (Wildman–Crippen LogP) is 1.83. The largest absolute Gasteiger partial charge is 0.461 e. The summed E-state index contributed by atoms with van der Waals surface area (Å²) in [6.07, 6.45) is 6.16. The summed E-state index contributed by atoms with van der Waals surface area (Å²) in [5.74, 6) is -0.600. The smallest absolute Gasteiger partial charge is 0.341 e. The summed E-state index contributed by atoms with van der Waals surface area (Å²) in [7, 11) is 0. The molecule has 0 aliphatic carbocycles. The van der Waals surface area contributed by atoms with Gasteiger partial charge in [-0.2, -0.15) is 0 Å². The molecular weight excluding hydrogens is 269 g/mol. The number of carbonyl (C=O) groups excluding carboxylic acids is 1. The summed E-state index contributed by atoms with van der Waals surface area (Å²) in [5.41, 5.74) is 0.0427. The number of benzene rings is 1.